The van der Waals surface area contributed by atoms with Gasteiger partial charge in [-0.25, -0.2) is 9.37 Å². The third kappa shape index (κ3) is 6.90. The lowest BCUT2D eigenvalue weighted by Gasteiger charge is -2.18. The van der Waals surface area contributed by atoms with E-state index in [4.69, 9.17) is 11.8 Å². The first-order valence-corrected chi connectivity index (χ1v) is 10.9. The number of rotatable bonds is 10. The first-order chi connectivity index (χ1) is 16.8. The molecule has 9 nitrogen and oxygen atoms in total. The summed E-state index contributed by atoms with van der Waals surface area (Å²) in [5.74, 6) is -0.512. The molecule has 0 radical (unpaired) electrons. The van der Waals surface area contributed by atoms with Gasteiger partial charge in [0.2, 0.25) is 11.9 Å². The average molecular weight is 499 g/mol. The lowest BCUT2D eigenvalue weighted by Crippen LogP contribution is -2.27. The zero-order chi connectivity index (χ0) is 25.4. The zero-order valence-corrected chi connectivity index (χ0v) is 19.7. The van der Waals surface area contributed by atoms with Crippen LogP contribution in [0.4, 0.5) is 27.5 Å². The summed E-state index contributed by atoms with van der Waals surface area (Å²) < 4.78 is 15.5. The minimum atomic E-state index is -0.555. The number of carbonyl (C=O) groups excluding carboxylic acids is 2. The van der Waals surface area contributed by atoms with Crippen LogP contribution in [0.5, 0.6) is 5.75 Å². The topological polar surface area (TPSA) is 111 Å². The van der Waals surface area contributed by atoms with Gasteiger partial charge >= 0.3 is 0 Å². The van der Waals surface area contributed by atoms with Crippen molar-refractivity contribution >= 4 is 46.7 Å². The van der Waals surface area contributed by atoms with Crippen molar-refractivity contribution in [3.8, 4) is 5.75 Å². The molecule has 0 saturated carbocycles. The van der Waals surface area contributed by atoms with Gasteiger partial charge in [-0.1, -0.05) is 6.58 Å². The van der Waals surface area contributed by atoms with Crippen LogP contribution in [0.15, 0.2) is 67.4 Å². The largest absolute Gasteiger partial charge is 0.508 e. The van der Waals surface area contributed by atoms with Crippen molar-refractivity contribution in [2.45, 2.75) is 6.42 Å². The van der Waals surface area contributed by atoms with E-state index in [2.05, 4.69) is 27.2 Å². The van der Waals surface area contributed by atoms with E-state index in [1.807, 2.05) is 0 Å². The van der Waals surface area contributed by atoms with Gasteiger partial charge in [0.1, 0.15) is 17.4 Å². The molecule has 0 atom stereocenters. The van der Waals surface area contributed by atoms with Crippen molar-refractivity contribution in [3.63, 3.8) is 0 Å². The highest BCUT2D eigenvalue weighted by Gasteiger charge is 2.14. The molecule has 0 unspecified atom stereocenters. The van der Waals surface area contributed by atoms with Crippen molar-refractivity contribution in [3.05, 3.63) is 78.8 Å². The molecule has 0 spiro atoms. The number of carbonyl (C=O) groups is 2. The summed E-state index contributed by atoms with van der Waals surface area (Å²) in [6, 6.07) is 11.8. The lowest BCUT2D eigenvalue weighted by molar-refractivity contribution is -0.113. The molecule has 1 heterocycles. The Kier molecular flexibility index (Phi) is 8.58. The Labute approximate surface area is 207 Å². The fraction of sp³-hybridized carbons (Fsp3) is 0.167. The number of nitrogens with zero attached hydrogens (tertiary/aromatic N) is 4. The van der Waals surface area contributed by atoms with E-state index in [0.717, 1.165) is 11.0 Å². The van der Waals surface area contributed by atoms with Crippen LogP contribution in [-0.4, -0.2) is 47.0 Å². The van der Waals surface area contributed by atoms with Crippen LogP contribution in [0.2, 0.25) is 0 Å². The van der Waals surface area contributed by atoms with Crippen LogP contribution in [0.25, 0.3) is 0 Å². The summed E-state index contributed by atoms with van der Waals surface area (Å²) in [5, 5.41) is 15.1. The molecular weight excluding hydrogens is 475 g/mol. The summed E-state index contributed by atoms with van der Waals surface area (Å²) in [5.41, 5.74) is 1.03. The van der Waals surface area contributed by atoms with Crippen LogP contribution in [0.3, 0.4) is 0 Å². The fourth-order valence-electron chi connectivity index (χ4n) is 3.02. The van der Waals surface area contributed by atoms with Crippen LogP contribution in [0.1, 0.15) is 16.8 Å². The SMILES string of the molecule is C=CC(=O)N(C)c1cc(Nc2ccnc(N(Cl)CCCNC(=O)c3ccc(O)cc3)n2)ccc1F. The number of anilines is 4. The van der Waals surface area contributed by atoms with E-state index in [1.54, 1.807) is 6.07 Å². The number of amides is 2. The number of likely N-dealkylation sites (N-methyl/N-ethyl adjacent to an activating group) is 1. The van der Waals surface area contributed by atoms with Gasteiger partial charge in [-0.3, -0.25) is 14.0 Å². The molecule has 2 aromatic carbocycles. The number of nitrogens with one attached hydrogen (secondary N) is 2. The van der Waals surface area contributed by atoms with E-state index in [9.17, 15) is 19.1 Å². The van der Waals surface area contributed by atoms with Crippen molar-refractivity contribution in [1.82, 2.24) is 15.3 Å². The Morgan fingerprint density at radius 2 is 1.94 bits per heavy atom. The summed E-state index contributed by atoms with van der Waals surface area (Å²) in [6.45, 7) is 4.14. The van der Waals surface area contributed by atoms with E-state index >= 15 is 0 Å². The Bertz CT molecular complexity index is 1210. The molecule has 0 aliphatic heterocycles. The standard InChI is InChI=1S/C24H24ClFN6O3/c1-3-22(34)31(2)20-15-17(7-10-19(20)26)29-21-11-13-28-24(30-21)32(25)14-4-12-27-23(35)16-5-8-18(33)9-6-16/h3,5-11,13,15,33H,1,4,12,14H2,2H3,(H,27,35)(H,28,29,30). The highest BCUT2D eigenvalue weighted by molar-refractivity contribution is 6.25. The van der Waals surface area contributed by atoms with Gasteiger partial charge < -0.3 is 20.6 Å². The number of hydrogen-bond acceptors (Lipinski definition) is 7. The monoisotopic (exact) mass is 498 g/mol. The fourth-order valence-corrected chi connectivity index (χ4v) is 3.22. The molecule has 0 bridgehead atoms. The molecule has 35 heavy (non-hydrogen) atoms. The molecule has 2 amide bonds. The van der Waals surface area contributed by atoms with Gasteiger partial charge in [-0.05, 0) is 61.0 Å². The summed E-state index contributed by atoms with van der Waals surface area (Å²) in [6.07, 6.45) is 3.15. The molecule has 0 aliphatic carbocycles. The quantitative estimate of drug-likeness (QED) is 0.220. The number of aromatic hydroxyl groups is 1. The number of phenolic OH excluding ortho intramolecular Hbond substituents is 1. The first kappa shape index (κ1) is 25.4. The van der Waals surface area contributed by atoms with E-state index in [-0.39, 0.29) is 23.3 Å². The molecule has 11 heteroatoms. The van der Waals surface area contributed by atoms with E-state index in [1.165, 1.54) is 60.1 Å². The third-order valence-corrected chi connectivity index (χ3v) is 5.21. The first-order valence-electron chi connectivity index (χ1n) is 10.6. The minimum absolute atomic E-state index is 0.0856. The van der Waals surface area contributed by atoms with E-state index in [0.29, 0.717) is 36.6 Å². The number of hydrogen-bond donors (Lipinski definition) is 3. The highest BCUT2D eigenvalue weighted by atomic mass is 35.5. The predicted molar refractivity (Wildman–Crippen MR) is 134 cm³/mol. The molecule has 0 saturated heterocycles. The Morgan fingerprint density at radius 3 is 2.66 bits per heavy atom. The minimum Gasteiger partial charge on any atom is -0.508 e. The maximum absolute atomic E-state index is 14.2. The molecule has 3 aromatic rings. The third-order valence-electron chi connectivity index (χ3n) is 4.89. The summed E-state index contributed by atoms with van der Waals surface area (Å²) in [7, 11) is 1.45. The molecular formula is C24H24ClFN6O3. The van der Waals surface area contributed by atoms with Crippen molar-refractivity contribution in [2.75, 3.05) is 34.8 Å². The van der Waals surface area contributed by atoms with Gasteiger partial charge in [0.25, 0.3) is 5.91 Å². The predicted octanol–water partition coefficient (Wildman–Crippen LogP) is 3.99. The molecule has 3 N–H and O–H groups in total. The van der Waals surface area contributed by atoms with E-state index < -0.39 is 11.7 Å². The van der Waals surface area contributed by atoms with Crippen LogP contribution < -0.4 is 20.0 Å². The molecule has 1 aromatic heterocycles. The summed E-state index contributed by atoms with van der Waals surface area (Å²) in [4.78, 5) is 33.6. The van der Waals surface area contributed by atoms with Gasteiger partial charge in [-0.2, -0.15) is 4.98 Å². The zero-order valence-electron chi connectivity index (χ0n) is 18.9. The van der Waals surface area contributed by atoms with Crippen LogP contribution in [-0.2, 0) is 4.79 Å². The molecule has 3 rings (SSSR count). The van der Waals surface area contributed by atoms with Crippen molar-refractivity contribution < 1.29 is 19.1 Å². The summed E-state index contributed by atoms with van der Waals surface area (Å²) >= 11 is 6.31. The second-order valence-corrected chi connectivity index (χ2v) is 7.78. The Morgan fingerprint density at radius 1 is 1.20 bits per heavy atom. The number of halogens is 2. The number of benzene rings is 2. The molecule has 0 aliphatic rings. The molecule has 0 fully saturated rings. The van der Waals surface area contributed by atoms with Crippen molar-refractivity contribution in [1.29, 1.82) is 0 Å². The maximum atomic E-state index is 14.2. The van der Waals surface area contributed by atoms with Gasteiger partial charge in [0.05, 0.1) is 5.69 Å². The van der Waals surface area contributed by atoms with Gasteiger partial charge in [-0.15, -0.1) is 0 Å². The van der Waals surface area contributed by atoms with Crippen molar-refractivity contribution in [2.24, 2.45) is 0 Å². The van der Waals surface area contributed by atoms with Gasteiger partial charge in [0, 0.05) is 49.4 Å². The van der Waals surface area contributed by atoms with Gasteiger partial charge in [0.15, 0.2) is 0 Å². The second kappa shape index (κ2) is 11.8. The Balaban J connectivity index is 1.56. The van der Waals surface area contributed by atoms with Crippen LogP contribution in [0, 0.1) is 5.82 Å². The maximum Gasteiger partial charge on any atom is 0.251 e. The lowest BCUT2D eigenvalue weighted by atomic mass is 10.2. The smallest absolute Gasteiger partial charge is 0.251 e. The normalized spacial score (nSPS) is 10.4. The molecule has 182 valence electrons. The number of aromatic nitrogens is 2. The van der Waals surface area contributed by atoms with Crippen LogP contribution >= 0.6 is 11.8 Å². The number of phenols is 1. The Hall–Kier alpha value is -4.18. The second-order valence-electron chi connectivity index (χ2n) is 7.38. The average Bonchev–Trinajstić information content (AvgIpc) is 2.87. The highest BCUT2D eigenvalue weighted by Crippen LogP contribution is 2.25.